The van der Waals surface area contributed by atoms with Crippen LogP contribution in [0.3, 0.4) is 0 Å². The van der Waals surface area contributed by atoms with E-state index >= 15 is 0 Å². The van der Waals surface area contributed by atoms with Crippen molar-refractivity contribution in [2.45, 2.75) is 13.3 Å². The Labute approximate surface area is 76.3 Å². The molecule has 0 aliphatic rings. The van der Waals surface area contributed by atoms with E-state index in [1.807, 2.05) is 18.2 Å². The zero-order valence-electron chi connectivity index (χ0n) is 7.42. The summed E-state index contributed by atoms with van der Waals surface area (Å²) in [5.41, 5.74) is 1.21. The van der Waals surface area contributed by atoms with Crippen LogP contribution >= 0.6 is 9.24 Å². The molecule has 66 valence electrons. The van der Waals surface area contributed by atoms with Gasteiger partial charge in [-0.3, -0.25) is 0 Å². The van der Waals surface area contributed by atoms with Crippen molar-refractivity contribution in [2.24, 2.45) is 0 Å². The Hall–Kier alpha value is -0.550. The fourth-order valence-electron chi connectivity index (χ4n) is 0.984. The van der Waals surface area contributed by atoms with Gasteiger partial charge in [0.15, 0.2) is 0 Å². The van der Waals surface area contributed by atoms with Crippen LogP contribution in [-0.4, -0.2) is 12.8 Å². The van der Waals surface area contributed by atoms with Crippen molar-refractivity contribution in [3.8, 4) is 5.75 Å². The van der Waals surface area contributed by atoms with Crippen LogP contribution in [0.25, 0.3) is 0 Å². The van der Waals surface area contributed by atoms with E-state index in [0.29, 0.717) is 0 Å². The second-order valence-electron chi connectivity index (χ2n) is 2.76. The smallest absolute Gasteiger partial charge is 0.122 e. The summed E-state index contributed by atoms with van der Waals surface area (Å²) in [6.07, 6.45) is 2.20. The number of hydrogen-bond acceptors (Lipinski definition) is 1. The molecule has 0 aliphatic heterocycles. The van der Waals surface area contributed by atoms with Crippen molar-refractivity contribution >= 4 is 9.24 Å². The molecule has 1 atom stereocenters. The van der Waals surface area contributed by atoms with E-state index in [9.17, 15) is 0 Å². The normalized spacial score (nSPS) is 9.83. The van der Waals surface area contributed by atoms with Gasteiger partial charge in [0.1, 0.15) is 5.75 Å². The van der Waals surface area contributed by atoms with Gasteiger partial charge in [-0.2, -0.15) is 0 Å². The highest BCUT2D eigenvalue weighted by atomic mass is 31.0. The van der Waals surface area contributed by atoms with Crippen molar-refractivity contribution in [1.82, 2.24) is 0 Å². The standard InChI is InChI=1S/C10H15OP/c1-9-5-2-3-6-10(9)11-7-4-8-12/h2-3,5-6H,4,7-8,12H2,1H3. The minimum Gasteiger partial charge on any atom is -0.493 e. The molecule has 1 nitrogen and oxygen atoms in total. The van der Waals surface area contributed by atoms with Crippen LogP contribution in [0.4, 0.5) is 0 Å². The first-order valence-electron chi connectivity index (χ1n) is 4.23. The Morgan fingerprint density at radius 3 is 2.75 bits per heavy atom. The number of ether oxygens (including phenoxy) is 1. The van der Waals surface area contributed by atoms with E-state index in [1.54, 1.807) is 0 Å². The van der Waals surface area contributed by atoms with Crippen molar-refractivity contribution in [2.75, 3.05) is 12.8 Å². The van der Waals surface area contributed by atoms with Crippen LogP contribution in [0.15, 0.2) is 24.3 Å². The molecule has 0 aromatic heterocycles. The van der Waals surface area contributed by atoms with Crippen molar-refractivity contribution in [3.63, 3.8) is 0 Å². The molecule has 0 fully saturated rings. The number of para-hydroxylation sites is 1. The third-order valence-corrected chi connectivity index (χ3v) is 2.11. The summed E-state index contributed by atoms with van der Waals surface area (Å²) < 4.78 is 5.56. The highest BCUT2D eigenvalue weighted by molar-refractivity contribution is 7.16. The van der Waals surface area contributed by atoms with Crippen LogP contribution in [0.2, 0.25) is 0 Å². The Morgan fingerprint density at radius 1 is 1.33 bits per heavy atom. The highest BCUT2D eigenvalue weighted by Gasteiger charge is 1.95. The molecule has 0 saturated heterocycles. The minimum atomic E-state index is 0.814. The molecule has 0 heterocycles. The lowest BCUT2D eigenvalue weighted by Crippen LogP contribution is -1.98. The molecule has 0 amide bonds. The molecule has 0 radical (unpaired) electrons. The monoisotopic (exact) mass is 182 g/mol. The van der Waals surface area contributed by atoms with E-state index in [-0.39, 0.29) is 0 Å². The molecule has 0 saturated carbocycles. The van der Waals surface area contributed by atoms with Crippen molar-refractivity contribution < 1.29 is 4.74 Å². The Kier molecular flexibility index (Phi) is 4.10. The van der Waals surface area contributed by atoms with Crippen molar-refractivity contribution in [3.05, 3.63) is 29.8 Å². The molecule has 0 aliphatic carbocycles. The van der Waals surface area contributed by atoms with Gasteiger partial charge in [-0.15, -0.1) is 9.24 Å². The molecule has 0 N–H and O–H groups in total. The average molecular weight is 182 g/mol. The van der Waals surface area contributed by atoms with Gasteiger partial charge in [-0.25, -0.2) is 0 Å². The average Bonchev–Trinajstić information content (AvgIpc) is 2.09. The summed E-state index contributed by atoms with van der Waals surface area (Å²) in [4.78, 5) is 0. The SMILES string of the molecule is Cc1ccccc1OCCCP. The van der Waals surface area contributed by atoms with Gasteiger partial charge in [-0.05, 0) is 31.1 Å². The predicted molar refractivity (Wildman–Crippen MR) is 55.9 cm³/mol. The first-order chi connectivity index (χ1) is 5.84. The third kappa shape index (κ3) is 2.83. The fourth-order valence-corrected chi connectivity index (χ4v) is 1.15. The van der Waals surface area contributed by atoms with Crippen LogP contribution in [0.5, 0.6) is 5.75 Å². The van der Waals surface area contributed by atoms with E-state index in [2.05, 4.69) is 22.2 Å². The Balaban J connectivity index is 2.46. The molecule has 1 rings (SSSR count). The lowest BCUT2D eigenvalue weighted by molar-refractivity contribution is 0.316. The van der Waals surface area contributed by atoms with Gasteiger partial charge in [0.05, 0.1) is 6.61 Å². The second kappa shape index (κ2) is 5.16. The fraction of sp³-hybridized carbons (Fsp3) is 0.400. The largest absolute Gasteiger partial charge is 0.493 e. The lowest BCUT2D eigenvalue weighted by Gasteiger charge is -2.07. The third-order valence-electron chi connectivity index (χ3n) is 1.70. The first-order valence-corrected chi connectivity index (χ1v) is 5.04. The molecule has 0 bridgehead atoms. The van der Waals surface area contributed by atoms with Crippen LogP contribution in [0.1, 0.15) is 12.0 Å². The van der Waals surface area contributed by atoms with E-state index in [1.165, 1.54) is 5.56 Å². The number of hydrogen-bond donors (Lipinski definition) is 0. The minimum absolute atomic E-state index is 0.814. The molecule has 0 spiro atoms. The molecule has 1 aromatic carbocycles. The topological polar surface area (TPSA) is 9.23 Å². The predicted octanol–water partition coefficient (Wildman–Crippen LogP) is 2.64. The summed E-state index contributed by atoms with van der Waals surface area (Å²) in [6.45, 7) is 2.88. The van der Waals surface area contributed by atoms with Crippen molar-refractivity contribution in [1.29, 1.82) is 0 Å². The summed E-state index contributed by atoms with van der Waals surface area (Å²) in [7, 11) is 2.70. The van der Waals surface area contributed by atoms with Crippen LogP contribution < -0.4 is 4.74 Å². The summed E-state index contributed by atoms with van der Waals surface area (Å²) in [5.74, 6) is 1.01. The quantitative estimate of drug-likeness (QED) is 0.513. The Bertz CT molecular complexity index is 235. The first kappa shape index (κ1) is 9.54. The van der Waals surface area contributed by atoms with Gasteiger partial charge in [0, 0.05) is 0 Å². The number of benzene rings is 1. The molecule has 1 aromatic rings. The summed E-state index contributed by atoms with van der Waals surface area (Å²) in [5, 5.41) is 0. The van der Waals surface area contributed by atoms with E-state index in [0.717, 1.165) is 24.9 Å². The van der Waals surface area contributed by atoms with E-state index < -0.39 is 0 Å². The maximum absolute atomic E-state index is 5.56. The van der Waals surface area contributed by atoms with Gasteiger partial charge in [0.2, 0.25) is 0 Å². The zero-order chi connectivity index (χ0) is 8.81. The Morgan fingerprint density at radius 2 is 2.08 bits per heavy atom. The lowest BCUT2D eigenvalue weighted by atomic mass is 10.2. The van der Waals surface area contributed by atoms with Gasteiger partial charge in [0.25, 0.3) is 0 Å². The molecular formula is C10H15OP. The molecule has 2 heteroatoms. The summed E-state index contributed by atoms with van der Waals surface area (Å²) in [6, 6.07) is 8.11. The number of aryl methyl sites for hydroxylation is 1. The van der Waals surface area contributed by atoms with Gasteiger partial charge < -0.3 is 4.74 Å². The van der Waals surface area contributed by atoms with Gasteiger partial charge >= 0.3 is 0 Å². The zero-order valence-corrected chi connectivity index (χ0v) is 8.57. The molecule has 12 heavy (non-hydrogen) atoms. The van der Waals surface area contributed by atoms with Gasteiger partial charge in [-0.1, -0.05) is 18.2 Å². The van der Waals surface area contributed by atoms with Crippen LogP contribution in [0, 0.1) is 6.92 Å². The van der Waals surface area contributed by atoms with Crippen LogP contribution in [-0.2, 0) is 0 Å². The summed E-state index contributed by atoms with van der Waals surface area (Å²) >= 11 is 0. The molecule has 1 unspecified atom stereocenters. The van der Waals surface area contributed by atoms with E-state index in [4.69, 9.17) is 4.74 Å². The second-order valence-corrected chi connectivity index (χ2v) is 3.33. The maximum atomic E-state index is 5.56. The maximum Gasteiger partial charge on any atom is 0.122 e. The number of rotatable bonds is 4. The highest BCUT2D eigenvalue weighted by Crippen LogP contribution is 2.16. The molecular weight excluding hydrogens is 167 g/mol.